The van der Waals surface area contributed by atoms with Gasteiger partial charge in [0.05, 0.1) is 0 Å². The van der Waals surface area contributed by atoms with E-state index in [1.165, 1.54) is 38.5 Å². The van der Waals surface area contributed by atoms with Gasteiger partial charge in [0.25, 0.3) is 5.91 Å². The van der Waals surface area contributed by atoms with Gasteiger partial charge in [-0.25, -0.2) is 0 Å². The second kappa shape index (κ2) is 7.22. The number of nitrogens with zero attached hydrogens (tertiary/aromatic N) is 2. The molecule has 0 bridgehead atoms. The Bertz CT molecular complexity index is 424. The Balaban J connectivity index is 1.84. The molecule has 20 heavy (non-hydrogen) atoms. The summed E-state index contributed by atoms with van der Waals surface area (Å²) in [4.78, 5) is 11.4. The first kappa shape index (κ1) is 14.8. The second-order valence-corrected chi connectivity index (χ2v) is 5.53. The summed E-state index contributed by atoms with van der Waals surface area (Å²) in [5.74, 6) is 1.46. The van der Waals surface area contributed by atoms with E-state index in [9.17, 15) is 4.79 Å². The smallest absolute Gasteiger partial charge is 0.271 e. The number of anilines is 1. The average molecular weight is 276 g/mol. The molecule has 0 unspecified atom stereocenters. The molecule has 5 nitrogen and oxygen atoms in total. The number of aromatic nitrogens is 2. The summed E-state index contributed by atoms with van der Waals surface area (Å²) < 4.78 is 0. The Morgan fingerprint density at radius 3 is 2.55 bits per heavy atom. The lowest BCUT2D eigenvalue weighted by atomic mass is 9.83. The van der Waals surface area contributed by atoms with Gasteiger partial charge >= 0.3 is 0 Å². The minimum Gasteiger partial charge on any atom is -0.366 e. The summed E-state index contributed by atoms with van der Waals surface area (Å²) in [5.41, 5.74) is 0.352. The van der Waals surface area contributed by atoms with Crippen molar-refractivity contribution in [2.75, 3.05) is 12.4 Å². The molecule has 1 aromatic rings. The third-order valence-electron chi connectivity index (χ3n) is 4.02. The molecule has 0 radical (unpaired) electrons. The van der Waals surface area contributed by atoms with Crippen molar-refractivity contribution in [3.8, 4) is 0 Å². The van der Waals surface area contributed by atoms with Crippen LogP contribution in [0.15, 0.2) is 12.1 Å². The van der Waals surface area contributed by atoms with Gasteiger partial charge in [0, 0.05) is 13.1 Å². The molecule has 0 aliphatic heterocycles. The number of amides is 1. The molecule has 2 N–H and O–H groups in total. The SMILES string of the molecule is CCCC1CCC(Nc2ccc(C(=O)NC)nn2)CC1. The topological polar surface area (TPSA) is 66.9 Å². The van der Waals surface area contributed by atoms with Crippen molar-refractivity contribution in [1.82, 2.24) is 15.5 Å². The lowest BCUT2D eigenvalue weighted by Gasteiger charge is -2.29. The molecule has 1 aromatic heterocycles. The van der Waals surface area contributed by atoms with Gasteiger partial charge in [-0.15, -0.1) is 10.2 Å². The molecule has 1 amide bonds. The summed E-state index contributed by atoms with van der Waals surface area (Å²) in [6, 6.07) is 4.02. The Labute approximate surface area is 120 Å². The average Bonchev–Trinajstić information content (AvgIpc) is 2.49. The summed E-state index contributed by atoms with van der Waals surface area (Å²) in [6.07, 6.45) is 7.64. The third kappa shape index (κ3) is 3.92. The van der Waals surface area contributed by atoms with Crippen LogP contribution in [0.3, 0.4) is 0 Å². The minimum absolute atomic E-state index is 0.205. The molecule has 0 saturated heterocycles. The molecular weight excluding hydrogens is 252 g/mol. The maximum Gasteiger partial charge on any atom is 0.271 e. The minimum atomic E-state index is -0.205. The van der Waals surface area contributed by atoms with Crippen LogP contribution in [-0.2, 0) is 0 Å². The zero-order chi connectivity index (χ0) is 14.4. The molecular formula is C15H24N4O. The summed E-state index contributed by atoms with van der Waals surface area (Å²) in [7, 11) is 1.59. The molecule has 1 aliphatic rings. The van der Waals surface area contributed by atoms with E-state index in [1.807, 2.05) is 6.07 Å². The fraction of sp³-hybridized carbons (Fsp3) is 0.667. The number of carbonyl (C=O) groups is 1. The normalized spacial score (nSPS) is 22.3. The van der Waals surface area contributed by atoms with Crippen molar-refractivity contribution in [3.05, 3.63) is 17.8 Å². The van der Waals surface area contributed by atoms with Crippen molar-refractivity contribution >= 4 is 11.7 Å². The summed E-state index contributed by atoms with van der Waals surface area (Å²) in [6.45, 7) is 2.26. The van der Waals surface area contributed by atoms with Crippen molar-refractivity contribution in [2.24, 2.45) is 5.92 Å². The predicted octanol–water partition coefficient (Wildman–Crippen LogP) is 2.61. The number of hydrogen-bond acceptors (Lipinski definition) is 4. The van der Waals surface area contributed by atoms with Crippen molar-refractivity contribution in [2.45, 2.75) is 51.5 Å². The second-order valence-electron chi connectivity index (χ2n) is 5.53. The molecule has 5 heteroatoms. The van der Waals surface area contributed by atoms with Crippen LogP contribution in [0.2, 0.25) is 0 Å². The Kier molecular flexibility index (Phi) is 5.32. The highest BCUT2D eigenvalue weighted by Crippen LogP contribution is 2.29. The van der Waals surface area contributed by atoms with Crippen LogP contribution in [0.25, 0.3) is 0 Å². The Morgan fingerprint density at radius 2 is 2.00 bits per heavy atom. The first-order valence-corrected chi connectivity index (χ1v) is 7.55. The first-order valence-electron chi connectivity index (χ1n) is 7.55. The van der Waals surface area contributed by atoms with Crippen molar-refractivity contribution < 1.29 is 4.79 Å². The Hall–Kier alpha value is -1.65. The highest BCUT2D eigenvalue weighted by Gasteiger charge is 2.20. The fourth-order valence-electron chi connectivity index (χ4n) is 2.87. The molecule has 1 heterocycles. The van der Waals surface area contributed by atoms with Crippen LogP contribution in [0.5, 0.6) is 0 Å². The fourth-order valence-corrected chi connectivity index (χ4v) is 2.87. The van der Waals surface area contributed by atoms with Crippen LogP contribution >= 0.6 is 0 Å². The molecule has 2 rings (SSSR count). The van der Waals surface area contributed by atoms with Gasteiger partial charge < -0.3 is 10.6 Å². The van der Waals surface area contributed by atoms with Gasteiger partial charge in [-0.3, -0.25) is 4.79 Å². The van der Waals surface area contributed by atoms with Crippen LogP contribution < -0.4 is 10.6 Å². The highest BCUT2D eigenvalue weighted by molar-refractivity contribution is 5.91. The van der Waals surface area contributed by atoms with E-state index in [2.05, 4.69) is 27.8 Å². The van der Waals surface area contributed by atoms with E-state index >= 15 is 0 Å². The first-order chi connectivity index (χ1) is 9.72. The molecule has 110 valence electrons. The van der Waals surface area contributed by atoms with Crippen molar-refractivity contribution in [3.63, 3.8) is 0 Å². The third-order valence-corrected chi connectivity index (χ3v) is 4.02. The lowest BCUT2D eigenvalue weighted by molar-refractivity contribution is 0.0957. The van der Waals surface area contributed by atoms with Gasteiger partial charge in [-0.05, 0) is 43.7 Å². The number of rotatable bonds is 5. The van der Waals surface area contributed by atoms with Gasteiger partial charge in [0.2, 0.25) is 0 Å². The van der Waals surface area contributed by atoms with Crippen LogP contribution in [-0.4, -0.2) is 29.2 Å². The van der Waals surface area contributed by atoms with Crippen LogP contribution in [0.4, 0.5) is 5.82 Å². The summed E-state index contributed by atoms with van der Waals surface area (Å²) in [5, 5.41) is 14.0. The lowest BCUT2D eigenvalue weighted by Crippen LogP contribution is -2.27. The maximum absolute atomic E-state index is 11.4. The molecule has 0 aromatic carbocycles. The van der Waals surface area contributed by atoms with Crippen molar-refractivity contribution in [1.29, 1.82) is 0 Å². The van der Waals surface area contributed by atoms with E-state index in [0.717, 1.165) is 11.7 Å². The summed E-state index contributed by atoms with van der Waals surface area (Å²) >= 11 is 0. The number of nitrogens with one attached hydrogen (secondary N) is 2. The molecule has 0 atom stereocenters. The largest absolute Gasteiger partial charge is 0.366 e. The standard InChI is InChI=1S/C15H24N4O/c1-3-4-11-5-7-12(8-6-11)17-14-10-9-13(18-19-14)15(20)16-2/h9-12H,3-8H2,1-2H3,(H,16,20)(H,17,19). The van der Waals surface area contributed by atoms with Gasteiger partial charge in [-0.2, -0.15) is 0 Å². The Morgan fingerprint density at radius 1 is 1.25 bits per heavy atom. The van der Waals surface area contributed by atoms with E-state index in [4.69, 9.17) is 0 Å². The number of hydrogen-bond donors (Lipinski definition) is 2. The number of carbonyl (C=O) groups excluding carboxylic acids is 1. The molecule has 1 aliphatic carbocycles. The zero-order valence-electron chi connectivity index (χ0n) is 12.4. The monoisotopic (exact) mass is 276 g/mol. The van der Waals surface area contributed by atoms with Gasteiger partial charge in [0.1, 0.15) is 5.82 Å². The predicted molar refractivity (Wildman–Crippen MR) is 79.7 cm³/mol. The van der Waals surface area contributed by atoms with Crippen LogP contribution in [0.1, 0.15) is 55.9 Å². The van der Waals surface area contributed by atoms with Gasteiger partial charge in [0.15, 0.2) is 5.69 Å². The molecule has 0 spiro atoms. The van der Waals surface area contributed by atoms with Gasteiger partial charge in [-0.1, -0.05) is 19.8 Å². The molecule has 1 fully saturated rings. The quantitative estimate of drug-likeness (QED) is 0.867. The zero-order valence-corrected chi connectivity index (χ0v) is 12.4. The highest BCUT2D eigenvalue weighted by atomic mass is 16.1. The maximum atomic E-state index is 11.4. The van der Waals surface area contributed by atoms with E-state index in [0.29, 0.717) is 11.7 Å². The van der Waals surface area contributed by atoms with E-state index in [-0.39, 0.29) is 5.91 Å². The van der Waals surface area contributed by atoms with E-state index < -0.39 is 0 Å². The van der Waals surface area contributed by atoms with E-state index in [1.54, 1.807) is 13.1 Å². The molecule has 1 saturated carbocycles. The van der Waals surface area contributed by atoms with Crippen LogP contribution in [0, 0.1) is 5.92 Å².